The van der Waals surface area contributed by atoms with Crippen LogP contribution in [0.2, 0.25) is 0 Å². The Bertz CT molecular complexity index is 891. The largest absolute Gasteiger partial charge is 0.312 e. The van der Waals surface area contributed by atoms with Crippen molar-refractivity contribution in [3.05, 3.63) is 53.6 Å². The number of aryl methyl sites for hydroxylation is 2. The molecule has 1 saturated heterocycles. The van der Waals surface area contributed by atoms with Crippen molar-refractivity contribution in [3.8, 4) is 0 Å². The van der Waals surface area contributed by atoms with Crippen molar-refractivity contribution in [2.75, 3.05) is 16.2 Å². The van der Waals surface area contributed by atoms with Gasteiger partial charge in [-0.05, 0) is 55.7 Å². The molecule has 0 unspecified atom stereocenters. The van der Waals surface area contributed by atoms with E-state index in [1.54, 1.807) is 54.3 Å². The van der Waals surface area contributed by atoms with Gasteiger partial charge in [0.2, 0.25) is 5.91 Å². The third kappa shape index (κ3) is 3.14. The maximum Gasteiger partial charge on any atom is 0.262 e. The molecule has 1 N–H and O–H groups in total. The molecule has 0 aliphatic carbocycles. The summed E-state index contributed by atoms with van der Waals surface area (Å²) in [6.07, 6.45) is 1.43. The first-order valence-electron chi connectivity index (χ1n) is 7.88. The smallest absolute Gasteiger partial charge is 0.262 e. The molecule has 24 heavy (non-hydrogen) atoms. The molecule has 1 amide bonds. The minimum atomic E-state index is -3.63. The molecule has 0 spiro atoms. The van der Waals surface area contributed by atoms with Gasteiger partial charge < -0.3 is 4.90 Å². The molecule has 0 bridgehead atoms. The Balaban J connectivity index is 1.87. The Morgan fingerprint density at radius 1 is 1.04 bits per heavy atom. The number of carbonyl (C=O) groups excluding carboxylic acids is 1. The molecule has 0 atom stereocenters. The Labute approximate surface area is 142 Å². The lowest BCUT2D eigenvalue weighted by Crippen LogP contribution is -2.24. The van der Waals surface area contributed by atoms with Gasteiger partial charge in [0.05, 0.1) is 4.90 Å². The predicted molar refractivity (Wildman–Crippen MR) is 94.8 cm³/mol. The quantitative estimate of drug-likeness (QED) is 0.926. The summed E-state index contributed by atoms with van der Waals surface area (Å²) in [5.74, 6) is 0.117. The average Bonchev–Trinajstić information content (AvgIpc) is 2.93. The van der Waals surface area contributed by atoms with Crippen molar-refractivity contribution < 1.29 is 13.2 Å². The molecular formula is C18H20N2O3S. The van der Waals surface area contributed by atoms with Crippen LogP contribution in [0, 0.1) is 13.8 Å². The maximum atomic E-state index is 12.6. The van der Waals surface area contributed by atoms with Gasteiger partial charge in [-0.3, -0.25) is 9.52 Å². The molecule has 5 nitrogen and oxygen atoms in total. The first kappa shape index (κ1) is 16.5. The topological polar surface area (TPSA) is 66.5 Å². The van der Waals surface area contributed by atoms with E-state index >= 15 is 0 Å². The van der Waals surface area contributed by atoms with Crippen LogP contribution in [0.3, 0.4) is 0 Å². The number of nitrogens with zero attached hydrogens (tertiary/aromatic N) is 1. The van der Waals surface area contributed by atoms with Crippen molar-refractivity contribution in [2.24, 2.45) is 0 Å². The summed E-state index contributed by atoms with van der Waals surface area (Å²) >= 11 is 0. The van der Waals surface area contributed by atoms with Gasteiger partial charge in [0, 0.05) is 24.3 Å². The fraction of sp³-hybridized carbons (Fsp3) is 0.278. The van der Waals surface area contributed by atoms with Crippen LogP contribution >= 0.6 is 0 Å². The summed E-state index contributed by atoms with van der Waals surface area (Å²) in [5, 5.41) is 0. The van der Waals surface area contributed by atoms with E-state index in [2.05, 4.69) is 4.72 Å². The normalized spacial score (nSPS) is 14.9. The van der Waals surface area contributed by atoms with Gasteiger partial charge in [-0.1, -0.05) is 18.2 Å². The van der Waals surface area contributed by atoms with Crippen LogP contribution in [0.15, 0.2) is 47.4 Å². The van der Waals surface area contributed by atoms with Gasteiger partial charge in [-0.25, -0.2) is 8.42 Å². The van der Waals surface area contributed by atoms with Crippen molar-refractivity contribution >= 4 is 27.3 Å². The van der Waals surface area contributed by atoms with Crippen LogP contribution in [-0.2, 0) is 14.8 Å². The van der Waals surface area contributed by atoms with Gasteiger partial charge in [0.15, 0.2) is 0 Å². The summed E-state index contributed by atoms with van der Waals surface area (Å²) in [4.78, 5) is 13.9. The van der Waals surface area contributed by atoms with Crippen LogP contribution in [0.5, 0.6) is 0 Å². The van der Waals surface area contributed by atoms with Crippen molar-refractivity contribution in [1.29, 1.82) is 0 Å². The van der Waals surface area contributed by atoms with Gasteiger partial charge >= 0.3 is 0 Å². The first-order valence-corrected chi connectivity index (χ1v) is 9.36. The van der Waals surface area contributed by atoms with E-state index in [4.69, 9.17) is 0 Å². The molecule has 0 saturated carbocycles. The number of nitrogens with one attached hydrogen (secondary N) is 1. The molecule has 0 aromatic heterocycles. The molecule has 1 aliphatic heterocycles. The zero-order valence-corrected chi connectivity index (χ0v) is 14.6. The highest BCUT2D eigenvalue weighted by Gasteiger charge is 2.23. The summed E-state index contributed by atoms with van der Waals surface area (Å²) in [6, 6.07) is 12.1. The second kappa shape index (κ2) is 6.28. The van der Waals surface area contributed by atoms with E-state index < -0.39 is 10.0 Å². The Morgan fingerprint density at radius 3 is 2.42 bits per heavy atom. The molecule has 2 aromatic carbocycles. The number of anilines is 2. The lowest BCUT2D eigenvalue weighted by Gasteiger charge is -2.19. The van der Waals surface area contributed by atoms with Crippen molar-refractivity contribution in [3.63, 3.8) is 0 Å². The molecule has 126 valence electrons. The number of rotatable bonds is 4. The maximum absolute atomic E-state index is 12.6. The number of amides is 1. The van der Waals surface area contributed by atoms with Crippen LogP contribution in [0.4, 0.5) is 11.4 Å². The first-order chi connectivity index (χ1) is 11.4. The van der Waals surface area contributed by atoms with Gasteiger partial charge in [0.1, 0.15) is 0 Å². The molecular weight excluding hydrogens is 324 g/mol. The summed E-state index contributed by atoms with van der Waals surface area (Å²) < 4.78 is 27.7. The highest BCUT2D eigenvalue weighted by atomic mass is 32.2. The summed E-state index contributed by atoms with van der Waals surface area (Å²) in [6.45, 7) is 4.36. The number of hydrogen-bond donors (Lipinski definition) is 1. The van der Waals surface area contributed by atoms with E-state index in [0.29, 0.717) is 24.2 Å². The molecule has 3 rings (SSSR count). The lowest BCUT2D eigenvalue weighted by atomic mass is 10.1. The Hall–Kier alpha value is -2.34. The minimum Gasteiger partial charge on any atom is -0.312 e. The molecule has 2 aromatic rings. The third-order valence-corrected chi connectivity index (χ3v) is 5.74. The third-order valence-electron chi connectivity index (χ3n) is 4.20. The van der Waals surface area contributed by atoms with E-state index in [1.807, 2.05) is 6.92 Å². The standard InChI is InChI=1S/C18H20N2O3S/c1-13-6-3-4-7-17(13)24(22,23)19-15-9-10-16(14(2)12-15)20-11-5-8-18(20)21/h3-4,6-7,9-10,12,19H,5,8,11H2,1-2H3. The second-order valence-electron chi connectivity index (χ2n) is 6.02. The zero-order chi connectivity index (χ0) is 17.3. The molecule has 0 radical (unpaired) electrons. The van der Waals surface area contributed by atoms with Crippen LogP contribution in [0.25, 0.3) is 0 Å². The molecule has 1 fully saturated rings. The second-order valence-corrected chi connectivity index (χ2v) is 7.67. The van der Waals surface area contributed by atoms with Gasteiger partial charge in [-0.15, -0.1) is 0 Å². The Morgan fingerprint density at radius 2 is 1.79 bits per heavy atom. The fourth-order valence-corrected chi connectivity index (χ4v) is 4.29. The summed E-state index contributed by atoms with van der Waals surface area (Å²) in [7, 11) is -3.63. The number of carbonyl (C=O) groups is 1. The van der Waals surface area contributed by atoms with Crippen molar-refractivity contribution in [2.45, 2.75) is 31.6 Å². The molecule has 1 heterocycles. The number of benzene rings is 2. The minimum absolute atomic E-state index is 0.117. The van der Waals surface area contributed by atoms with Crippen molar-refractivity contribution in [1.82, 2.24) is 0 Å². The van der Waals surface area contributed by atoms with Gasteiger partial charge in [-0.2, -0.15) is 0 Å². The highest BCUT2D eigenvalue weighted by molar-refractivity contribution is 7.92. The van der Waals surface area contributed by atoms with Crippen LogP contribution < -0.4 is 9.62 Å². The number of sulfonamides is 1. The SMILES string of the molecule is Cc1cc(NS(=O)(=O)c2ccccc2C)ccc1N1CCCC1=O. The van der Waals surface area contributed by atoms with Crippen LogP contribution in [-0.4, -0.2) is 20.9 Å². The summed E-state index contributed by atoms with van der Waals surface area (Å²) in [5.41, 5.74) is 2.90. The van der Waals surface area contributed by atoms with Gasteiger partial charge in [0.25, 0.3) is 10.0 Å². The fourth-order valence-electron chi connectivity index (χ4n) is 2.99. The van der Waals surface area contributed by atoms with E-state index in [-0.39, 0.29) is 10.8 Å². The van der Waals surface area contributed by atoms with E-state index in [0.717, 1.165) is 17.7 Å². The lowest BCUT2D eigenvalue weighted by molar-refractivity contribution is -0.117. The zero-order valence-electron chi connectivity index (χ0n) is 13.7. The molecule has 6 heteroatoms. The highest BCUT2D eigenvalue weighted by Crippen LogP contribution is 2.28. The van der Waals surface area contributed by atoms with Crippen LogP contribution in [0.1, 0.15) is 24.0 Å². The monoisotopic (exact) mass is 344 g/mol. The number of hydrogen-bond acceptors (Lipinski definition) is 3. The molecule has 1 aliphatic rings. The van der Waals surface area contributed by atoms with E-state index in [1.165, 1.54) is 0 Å². The Kier molecular flexibility index (Phi) is 4.32. The average molecular weight is 344 g/mol. The van der Waals surface area contributed by atoms with E-state index in [9.17, 15) is 13.2 Å². The predicted octanol–water partition coefficient (Wildman–Crippen LogP) is 3.23.